The number of nitrogens with zero attached hydrogens (tertiary/aromatic N) is 3. The minimum Gasteiger partial charge on any atom is -0.387 e. The van der Waals surface area contributed by atoms with E-state index in [1.54, 1.807) is 24.3 Å². The van der Waals surface area contributed by atoms with E-state index in [2.05, 4.69) is 15.3 Å². The third kappa shape index (κ3) is 3.65. The Morgan fingerprint density at radius 2 is 2.05 bits per heavy atom. The van der Waals surface area contributed by atoms with Gasteiger partial charge in [-0.1, -0.05) is 30.3 Å². The van der Waals surface area contributed by atoms with E-state index in [0.717, 1.165) is 0 Å². The van der Waals surface area contributed by atoms with Gasteiger partial charge in [0, 0.05) is 6.54 Å². The molecular formula is C13H13ClN4O3. The minimum atomic E-state index is -0.820. The second kappa shape index (κ2) is 6.47. The van der Waals surface area contributed by atoms with Gasteiger partial charge in [0.15, 0.2) is 0 Å². The lowest BCUT2D eigenvalue weighted by Gasteiger charge is -2.13. The molecule has 0 fully saturated rings. The summed E-state index contributed by atoms with van der Waals surface area (Å²) in [7, 11) is 0. The van der Waals surface area contributed by atoms with Gasteiger partial charge in [-0.15, -0.1) is 0 Å². The SMILES string of the molecule is Cc1nc(Cl)nc(NCC(O)c2ccccc2)c1[N+](=O)[O-]. The molecule has 0 aliphatic carbocycles. The van der Waals surface area contributed by atoms with Crippen LogP contribution in [0.5, 0.6) is 0 Å². The van der Waals surface area contributed by atoms with E-state index < -0.39 is 11.0 Å². The summed E-state index contributed by atoms with van der Waals surface area (Å²) in [5.74, 6) is -0.00696. The summed E-state index contributed by atoms with van der Waals surface area (Å²) in [6, 6.07) is 8.96. The summed E-state index contributed by atoms with van der Waals surface area (Å²) in [5, 5.41) is 23.7. The first-order chi connectivity index (χ1) is 9.99. The Hall–Kier alpha value is -2.25. The Morgan fingerprint density at radius 3 is 2.67 bits per heavy atom. The second-order valence-corrected chi connectivity index (χ2v) is 4.68. The maximum atomic E-state index is 11.0. The molecular weight excluding hydrogens is 296 g/mol. The summed E-state index contributed by atoms with van der Waals surface area (Å²) in [5.41, 5.74) is 0.612. The molecule has 1 aromatic carbocycles. The molecule has 2 N–H and O–H groups in total. The monoisotopic (exact) mass is 308 g/mol. The molecule has 2 aromatic rings. The van der Waals surface area contributed by atoms with E-state index in [9.17, 15) is 15.2 Å². The van der Waals surface area contributed by atoms with Crippen molar-refractivity contribution in [3.05, 3.63) is 57.0 Å². The number of rotatable bonds is 5. The molecule has 1 aromatic heterocycles. The van der Waals surface area contributed by atoms with Crippen molar-refractivity contribution in [1.29, 1.82) is 0 Å². The Bertz CT molecular complexity index is 651. The van der Waals surface area contributed by atoms with Gasteiger partial charge in [0.1, 0.15) is 5.69 Å². The highest BCUT2D eigenvalue weighted by Crippen LogP contribution is 2.27. The fourth-order valence-corrected chi connectivity index (χ4v) is 2.07. The maximum absolute atomic E-state index is 11.0. The highest BCUT2D eigenvalue weighted by Gasteiger charge is 2.22. The molecule has 2 rings (SSSR count). The molecule has 0 saturated heterocycles. The van der Waals surface area contributed by atoms with Gasteiger partial charge in [-0.2, -0.15) is 4.98 Å². The zero-order chi connectivity index (χ0) is 15.4. The van der Waals surface area contributed by atoms with Gasteiger partial charge < -0.3 is 10.4 Å². The van der Waals surface area contributed by atoms with Crippen LogP contribution < -0.4 is 5.32 Å². The average molecular weight is 309 g/mol. The van der Waals surface area contributed by atoms with Crippen LogP contribution in [0.3, 0.4) is 0 Å². The highest BCUT2D eigenvalue weighted by atomic mass is 35.5. The van der Waals surface area contributed by atoms with Crippen LogP contribution in [0.15, 0.2) is 30.3 Å². The van der Waals surface area contributed by atoms with Crippen molar-refractivity contribution < 1.29 is 10.0 Å². The average Bonchev–Trinajstić information content (AvgIpc) is 2.44. The van der Waals surface area contributed by atoms with Gasteiger partial charge in [-0.3, -0.25) is 10.1 Å². The molecule has 0 amide bonds. The number of hydrogen-bond donors (Lipinski definition) is 2. The lowest BCUT2D eigenvalue weighted by molar-refractivity contribution is -0.385. The largest absolute Gasteiger partial charge is 0.387 e. The van der Waals surface area contributed by atoms with Crippen LogP contribution in [0.2, 0.25) is 5.28 Å². The summed E-state index contributed by atoms with van der Waals surface area (Å²) < 4.78 is 0. The van der Waals surface area contributed by atoms with Crippen molar-refractivity contribution >= 4 is 23.1 Å². The highest BCUT2D eigenvalue weighted by molar-refractivity contribution is 6.28. The maximum Gasteiger partial charge on any atom is 0.332 e. The zero-order valence-electron chi connectivity index (χ0n) is 11.2. The van der Waals surface area contributed by atoms with Crippen molar-refractivity contribution in [3.8, 4) is 0 Å². The normalized spacial score (nSPS) is 12.0. The predicted octanol–water partition coefficient (Wildman–Crippen LogP) is 2.49. The summed E-state index contributed by atoms with van der Waals surface area (Å²) >= 11 is 5.71. The molecule has 7 nitrogen and oxygen atoms in total. The molecule has 110 valence electrons. The number of aromatic nitrogens is 2. The van der Waals surface area contributed by atoms with Crippen LogP contribution in [-0.2, 0) is 0 Å². The van der Waals surface area contributed by atoms with Crippen molar-refractivity contribution in [2.24, 2.45) is 0 Å². The summed E-state index contributed by atoms with van der Waals surface area (Å²) in [6.45, 7) is 1.54. The fraction of sp³-hybridized carbons (Fsp3) is 0.231. The molecule has 0 saturated carbocycles. The molecule has 0 bridgehead atoms. The third-order valence-corrected chi connectivity index (χ3v) is 3.03. The Morgan fingerprint density at radius 1 is 1.38 bits per heavy atom. The Kier molecular flexibility index (Phi) is 4.66. The van der Waals surface area contributed by atoms with Gasteiger partial charge in [0.2, 0.25) is 11.1 Å². The summed E-state index contributed by atoms with van der Waals surface area (Å²) in [4.78, 5) is 18.0. The van der Waals surface area contributed by atoms with E-state index in [1.807, 2.05) is 6.07 Å². The molecule has 0 aliphatic heterocycles. The van der Waals surface area contributed by atoms with E-state index in [0.29, 0.717) is 5.56 Å². The molecule has 0 aliphatic rings. The number of anilines is 1. The standard InChI is InChI=1S/C13H13ClN4O3/c1-8-11(18(20)21)12(17-13(14)16-8)15-7-10(19)9-5-3-2-4-6-9/h2-6,10,19H,7H2,1H3,(H,15,16,17). The number of aliphatic hydroxyl groups is 1. The molecule has 1 heterocycles. The number of aryl methyl sites for hydroxylation is 1. The first-order valence-electron chi connectivity index (χ1n) is 6.14. The van der Waals surface area contributed by atoms with Crippen molar-refractivity contribution in [1.82, 2.24) is 9.97 Å². The van der Waals surface area contributed by atoms with Gasteiger partial charge in [-0.25, -0.2) is 4.98 Å². The second-order valence-electron chi connectivity index (χ2n) is 4.34. The smallest absolute Gasteiger partial charge is 0.332 e. The first-order valence-corrected chi connectivity index (χ1v) is 6.52. The van der Waals surface area contributed by atoms with E-state index >= 15 is 0 Å². The Balaban J connectivity index is 2.18. The zero-order valence-corrected chi connectivity index (χ0v) is 11.9. The third-order valence-electron chi connectivity index (χ3n) is 2.86. The van der Waals surface area contributed by atoms with E-state index in [-0.39, 0.29) is 29.0 Å². The first kappa shape index (κ1) is 15.1. The van der Waals surface area contributed by atoms with E-state index in [4.69, 9.17) is 11.6 Å². The molecule has 0 spiro atoms. The van der Waals surface area contributed by atoms with Crippen LogP contribution in [0.25, 0.3) is 0 Å². The number of nitrogens with one attached hydrogen (secondary N) is 1. The number of aliphatic hydroxyl groups excluding tert-OH is 1. The van der Waals surface area contributed by atoms with Gasteiger partial charge >= 0.3 is 5.69 Å². The number of benzene rings is 1. The number of halogens is 1. The molecule has 1 unspecified atom stereocenters. The molecule has 21 heavy (non-hydrogen) atoms. The van der Waals surface area contributed by atoms with Crippen LogP contribution >= 0.6 is 11.6 Å². The molecule has 8 heteroatoms. The predicted molar refractivity (Wildman–Crippen MR) is 78.3 cm³/mol. The van der Waals surface area contributed by atoms with Crippen molar-refractivity contribution in [2.75, 3.05) is 11.9 Å². The Labute approximate surface area is 125 Å². The van der Waals surface area contributed by atoms with Gasteiger partial charge in [0.25, 0.3) is 0 Å². The quantitative estimate of drug-likeness (QED) is 0.500. The minimum absolute atomic E-state index is 0.00696. The van der Waals surface area contributed by atoms with Crippen LogP contribution in [0.4, 0.5) is 11.5 Å². The number of nitro groups is 1. The van der Waals surface area contributed by atoms with Crippen LogP contribution in [0.1, 0.15) is 17.4 Å². The molecule has 1 atom stereocenters. The number of hydrogen-bond acceptors (Lipinski definition) is 6. The van der Waals surface area contributed by atoms with Gasteiger partial charge in [-0.05, 0) is 24.1 Å². The van der Waals surface area contributed by atoms with Crippen LogP contribution in [-0.4, -0.2) is 26.5 Å². The van der Waals surface area contributed by atoms with Gasteiger partial charge in [0.05, 0.1) is 11.0 Å². The summed E-state index contributed by atoms with van der Waals surface area (Å²) in [6.07, 6.45) is -0.820. The molecule has 0 radical (unpaired) electrons. The van der Waals surface area contributed by atoms with Crippen molar-refractivity contribution in [3.63, 3.8) is 0 Å². The van der Waals surface area contributed by atoms with Crippen LogP contribution in [0, 0.1) is 17.0 Å². The van der Waals surface area contributed by atoms with Crippen molar-refractivity contribution in [2.45, 2.75) is 13.0 Å². The lowest BCUT2D eigenvalue weighted by Crippen LogP contribution is -2.15. The lowest BCUT2D eigenvalue weighted by atomic mass is 10.1. The van der Waals surface area contributed by atoms with E-state index in [1.165, 1.54) is 6.92 Å². The topological polar surface area (TPSA) is 101 Å². The fourth-order valence-electron chi connectivity index (χ4n) is 1.86.